The van der Waals surface area contributed by atoms with Gasteiger partial charge in [-0.1, -0.05) is 0 Å². The largest absolute Gasteiger partial charge is 0.488 e. The molecule has 2 aromatic heterocycles. The SMILES string of the molecule is Cn1nc(-c2n[nH]c3ccc(OC4(C)CC4)cc23)cc(N2CCC3(CCCO3)C2)c1=O. The molecule has 0 bridgehead atoms. The zero-order chi connectivity index (χ0) is 21.2. The Bertz CT molecular complexity index is 1220. The van der Waals surface area contributed by atoms with Crippen molar-refractivity contribution in [2.45, 2.75) is 50.2 Å². The lowest BCUT2D eigenvalue weighted by Crippen LogP contribution is -2.36. The molecule has 1 saturated carbocycles. The Balaban J connectivity index is 1.39. The highest BCUT2D eigenvalue weighted by Crippen LogP contribution is 2.41. The van der Waals surface area contributed by atoms with Gasteiger partial charge in [0.1, 0.15) is 28.4 Å². The Morgan fingerprint density at radius 3 is 2.84 bits per heavy atom. The predicted octanol–water partition coefficient (Wildman–Crippen LogP) is 3.01. The van der Waals surface area contributed by atoms with Gasteiger partial charge in [-0.3, -0.25) is 9.89 Å². The van der Waals surface area contributed by atoms with Crippen LogP contribution in [0.2, 0.25) is 0 Å². The number of aromatic amines is 1. The Morgan fingerprint density at radius 1 is 1.19 bits per heavy atom. The molecule has 2 saturated heterocycles. The van der Waals surface area contributed by atoms with Crippen LogP contribution in [-0.2, 0) is 11.8 Å². The molecule has 1 atom stereocenters. The van der Waals surface area contributed by atoms with E-state index in [0.717, 1.165) is 74.1 Å². The molecule has 8 heteroatoms. The molecule has 1 aliphatic carbocycles. The lowest BCUT2D eigenvalue weighted by atomic mass is 10.00. The molecule has 0 amide bonds. The molecule has 1 unspecified atom stereocenters. The minimum Gasteiger partial charge on any atom is -0.488 e. The fourth-order valence-corrected chi connectivity index (χ4v) is 4.88. The smallest absolute Gasteiger partial charge is 0.290 e. The molecular weight excluding hydrogens is 394 g/mol. The van der Waals surface area contributed by atoms with Gasteiger partial charge in [0.25, 0.3) is 5.56 Å². The summed E-state index contributed by atoms with van der Waals surface area (Å²) in [7, 11) is 1.70. The van der Waals surface area contributed by atoms with Crippen LogP contribution in [0.4, 0.5) is 5.69 Å². The van der Waals surface area contributed by atoms with E-state index in [4.69, 9.17) is 9.47 Å². The first kappa shape index (κ1) is 18.9. The monoisotopic (exact) mass is 421 g/mol. The van der Waals surface area contributed by atoms with E-state index in [1.165, 1.54) is 4.68 Å². The second-order valence-corrected chi connectivity index (χ2v) is 9.48. The fraction of sp³-hybridized carbons (Fsp3) is 0.522. The number of aromatic nitrogens is 4. The maximum absolute atomic E-state index is 12.9. The van der Waals surface area contributed by atoms with E-state index in [0.29, 0.717) is 11.4 Å². The summed E-state index contributed by atoms with van der Waals surface area (Å²) in [6, 6.07) is 7.85. The molecule has 4 heterocycles. The number of ether oxygens (including phenoxy) is 2. The van der Waals surface area contributed by atoms with Gasteiger partial charge in [-0.25, -0.2) is 4.68 Å². The molecule has 2 aliphatic heterocycles. The number of nitrogens with one attached hydrogen (secondary N) is 1. The number of fused-ring (bicyclic) bond motifs is 1. The average molecular weight is 422 g/mol. The summed E-state index contributed by atoms with van der Waals surface area (Å²) in [5.74, 6) is 0.833. The van der Waals surface area contributed by atoms with Gasteiger partial charge in [-0.05, 0) is 63.3 Å². The van der Waals surface area contributed by atoms with E-state index in [-0.39, 0.29) is 16.8 Å². The van der Waals surface area contributed by atoms with Crippen LogP contribution in [0.25, 0.3) is 22.3 Å². The lowest BCUT2D eigenvalue weighted by molar-refractivity contribution is 0.0231. The summed E-state index contributed by atoms with van der Waals surface area (Å²) in [5.41, 5.74) is 2.74. The number of benzene rings is 1. The van der Waals surface area contributed by atoms with Crippen molar-refractivity contribution in [3.05, 3.63) is 34.6 Å². The van der Waals surface area contributed by atoms with Gasteiger partial charge in [0.15, 0.2) is 0 Å². The van der Waals surface area contributed by atoms with Gasteiger partial charge in [-0.2, -0.15) is 10.2 Å². The number of hydrogen-bond acceptors (Lipinski definition) is 6. The van der Waals surface area contributed by atoms with Crippen LogP contribution in [0.3, 0.4) is 0 Å². The fourth-order valence-electron chi connectivity index (χ4n) is 4.88. The van der Waals surface area contributed by atoms with Crippen LogP contribution in [0.1, 0.15) is 39.0 Å². The number of hydrogen-bond donors (Lipinski definition) is 1. The van der Waals surface area contributed by atoms with Gasteiger partial charge < -0.3 is 14.4 Å². The van der Waals surface area contributed by atoms with Gasteiger partial charge in [-0.15, -0.1) is 0 Å². The average Bonchev–Trinajstić information content (AvgIpc) is 3.16. The summed E-state index contributed by atoms with van der Waals surface area (Å²) >= 11 is 0. The summed E-state index contributed by atoms with van der Waals surface area (Å²) in [6.45, 7) is 4.52. The molecule has 0 radical (unpaired) electrons. The van der Waals surface area contributed by atoms with Crippen LogP contribution < -0.4 is 15.2 Å². The highest BCUT2D eigenvalue weighted by atomic mass is 16.5. The highest BCUT2D eigenvalue weighted by Gasteiger charge is 2.42. The summed E-state index contributed by atoms with van der Waals surface area (Å²) < 4.78 is 13.6. The van der Waals surface area contributed by atoms with Gasteiger partial charge >= 0.3 is 0 Å². The third-order valence-electron chi connectivity index (χ3n) is 6.98. The van der Waals surface area contributed by atoms with E-state index in [1.807, 2.05) is 24.3 Å². The van der Waals surface area contributed by atoms with Crippen LogP contribution in [-0.4, -0.2) is 50.9 Å². The standard InChI is InChI=1S/C23H27N5O3/c1-22(7-8-22)31-15-4-5-17-16(12-15)20(25-24-17)18-13-19(21(29)27(2)26-18)28-10-9-23(14-28)6-3-11-30-23/h4-5,12-13H,3,6-11,14H2,1-2H3,(H,24,25). The number of aryl methyl sites for hydroxylation is 1. The molecule has 1 aromatic carbocycles. The summed E-state index contributed by atoms with van der Waals surface area (Å²) in [5, 5.41) is 13.1. The lowest BCUT2D eigenvalue weighted by Gasteiger charge is -2.24. The second kappa shape index (κ2) is 6.56. The van der Waals surface area contributed by atoms with E-state index in [9.17, 15) is 4.79 Å². The number of nitrogens with zero attached hydrogens (tertiary/aromatic N) is 4. The Morgan fingerprint density at radius 2 is 2.06 bits per heavy atom. The van der Waals surface area contributed by atoms with Crippen molar-refractivity contribution in [1.29, 1.82) is 0 Å². The van der Waals surface area contributed by atoms with Crippen molar-refractivity contribution >= 4 is 16.6 Å². The molecule has 3 aliphatic rings. The van der Waals surface area contributed by atoms with E-state index in [2.05, 4.69) is 27.1 Å². The van der Waals surface area contributed by atoms with Crippen molar-refractivity contribution in [1.82, 2.24) is 20.0 Å². The van der Waals surface area contributed by atoms with Gasteiger partial charge in [0.2, 0.25) is 0 Å². The molecule has 3 aromatic rings. The van der Waals surface area contributed by atoms with Gasteiger partial charge in [0.05, 0.1) is 11.1 Å². The minimum atomic E-state index is -0.0986. The molecule has 8 nitrogen and oxygen atoms in total. The van der Waals surface area contributed by atoms with Crippen molar-refractivity contribution < 1.29 is 9.47 Å². The van der Waals surface area contributed by atoms with Crippen molar-refractivity contribution in [3.8, 4) is 17.1 Å². The quantitative estimate of drug-likeness (QED) is 0.697. The van der Waals surface area contributed by atoms with E-state index in [1.54, 1.807) is 7.05 Å². The van der Waals surface area contributed by atoms with Crippen LogP contribution in [0.5, 0.6) is 5.75 Å². The third kappa shape index (κ3) is 3.20. The highest BCUT2D eigenvalue weighted by molar-refractivity contribution is 5.93. The third-order valence-corrected chi connectivity index (χ3v) is 6.98. The minimum absolute atomic E-state index is 0.0480. The first-order chi connectivity index (χ1) is 14.9. The number of H-pyrrole nitrogens is 1. The molecule has 3 fully saturated rings. The zero-order valence-corrected chi connectivity index (χ0v) is 18.0. The second-order valence-electron chi connectivity index (χ2n) is 9.48. The van der Waals surface area contributed by atoms with E-state index < -0.39 is 0 Å². The molecular formula is C23H27N5O3. The topological polar surface area (TPSA) is 85.3 Å². The number of anilines is 1. The maximum atomic E-state index is 12.9. The molecule has 1 N–H and O–H groups in total. The van der Waals surface area contributed by atoms with Crippen molar-refractivity contribution in [2.75, 3.05) is 24.6 Å². The van der Waals surface area contributed by atoms with Crippen LogP contribution >= 0.6 is 0 Å². The first-order valence-electron chi connectivity index (χ1n) is 11.1. The van der Waals surface area contributed by atoms with E-state index >= 15 is 0 Å². The first-order valence-corrected chi connectivity index (χ1v) is 11.1. The van der Waals surface area contributed by atoms with Crippen LogP contribution in [0.15, 0.2) is 29.1 Å². The zero-order valence-electron chi connectivity index (χ0n) is 18.0. The summed E-state index contributed by atoms with van der Waals surface area (Å²) in [4.78, 5) is 15.1. The van der Waals surface area contributed by atoms with Gasteiger partial charge in [0, 0.05) is 32.1 Å². The summed E-state index contributed by atoms with van der Waals surface area (Å²) in [6.07, 6.45) is 5.27. The Hall–Kier alpha value is -2.87. The van der Waals surface area contributed by atoms with Crippen molar-refractivity contribution in [3.63, 3.8) is 0 Å². The molecule has 1 spiro atoms. The Labute approximate surface area is 180 Å². The van der Waals surface area contributed by atoms with Crippen molar-refractivity contribution in [2.24, 2.45) is 7.05 Å². The number of rotatable bonds is 4. The van der Waals surface area contributed by atoms with Crippen LogP contribution in [0, 0.1) is 0 Å². The predicted molar refractivity (Wildman–Crippen MR) is 118 cm³/mol. The Kier molecular flexibility index (Phi) is 3.99. The normalized spacial score (nSPS) is 24.4. The molecule has 6 rings (SSSR count). The molecule has 162 valence electrons. The maximum Gasteiger partial charge on any atom is 0.290 e. The molecule has 31 heavy (non-hydrogen) atoms.